The third-order valence-electron chi connectivity index (χ3n) is 8.80. The fourth-order valence-corrected chi connectivity index (χ4v) is 6.60. The first kappa shape index (κ1) is 33.0. The van der Waals surface area contributed by atoms with E-state index in [4.69, 9.17) is 11.6 Å². The minimum atomic E-state index is -4.65. The molecule has 0 atom stereocenters. The normalized spacial score (nSPS) is 16.5. The summed E-state index contributed by atoms with van der Waals surface area (Å²) in [5.41, 5.74) is 2.25. The molecule has 2 aromatic heterocycles. The van der Waals surface area contributed by atoms with Gasteiger partial charge in [-0.05, 0) is 104 Å². The van der Waals surface area contributed by atoms with Gasteiger partial charge >= 0.3 is 6.18 Å². The lowest BCUT2D eigenvalue weighted by atomic mass is 9.80. The Morgan fingerprint density at radius 3 is 2.33 bits per heavy atom. The second-order valence-electron chi connectivity index (χ2n) is 12.2. The minimum Gasteiger partial charge on any atom is -0.354 e. The fourth-order valence-electron chi connectivity index (χ4n) is 6.44. The Kier molecular flexibility index (Phi) is 9.11. The Bertz CT molecular complexity index is 2090. The molecule has 0 saturated heterocycles. The summed E-state index contributed by atoms with van der Waals surface area (Å²) < 4.78 is 43.6. The summed E-state index contributed by atoms with van der Waals surface area (Å²) in [6, 6.07) is 20.9. The molecule has 1 saturated carbocycles. The van der Waals surface area contributed by atoms with E-state index in [2.05, 4.69) is 15.6 Å². The topological polar surface area (TPSA) is 93.1 Å². The quantitative estimate of drug-likeness (QED) is 0.177. The van der Waals surface area contributed by atoms with Gasteiger partial charge in [0.1, 0.15) is 5.15 Å². The first-order valence-electron chi connectivity index (χ1n) is 15.6. The number of pyridine rings is 2. The number of amides is 2. The average Bonchev–Trinajstić information content (AvgIpc) is 3.05. The second-order valence-corrected chi connectivity index (χ2v) is 12.6. The molecule has 246 valence electrons. The molecular weight excluding hydrogens is 641 g/mol. The highest BCUT2D eigenvalue weighted by molar-refractivity contribution is 6.30. The SMILES string of the molecule is CC(=O)NC1CCC(c2cc(C(=O)Nc3ccc(C)c(-c4cc5cnc(Cl)cc5n(-c5ccccc5)c4=O)c3)cc(C(F)(F)F)c2)CC1. The van der Waals surface area contributed by atoms with Crippen LogP contribution in [0.2, 0.25) is 5.15 Å². The monoisotopic (exact) mass is 672 g/mol. The van der Waals surface area contributed by atoms with Crippen molar-refractivity contribution in [3.05, 3.63) is 123 Å². The molecule has 3 aromatic carbocycles. The molecule has 2 N–H and O–H groups in total. The van der Waals surface area contributed by atoms with Crippen LogP contribution in [0.1, 0.15) is 65.6 Å². The molecule has 1 fully saturated rings. The molecule has 0 aliphatic heterocycles. The molecule has 2 heterocycles. The van der Waals surface area contributed by atoms with Gasteiger partial charge in [0.15, 0.2) is 0 Å². The number of halogens is 4. The van der Waals surface area contributed by atoms with Crippen LogP contribution in [0.3, 0.4) is 0 Å². The number of aryl methyl sites for hydroxylation is 1. The standard InChI is InChI=1S/C37H32ClF3N4O3/c1-21-8-11-29(18-31(21)32-17-26-20-42-34(38)19-33(26)45(36(32)48)30-6-4-3-5-7-30)44-35(47)25-14-24(15-27(16-25)37(39,40)41)23-9-12-28(13-10-23)43-22(2)46/h3-8,11,14-20,23,28H,9-10,12-13H2,1-2H3,(H,43,46)(H,44,47). The van der Waals surface area contributed by atoms with E-state index in [1.54, 1.807) is 53.2 Å². The highest BCUT2D eigenvalue weighted by Gasteiger charge is 2.33. The smallest absolute Gasteiger partial charge is 0.354 e. The summed E-state index contributed by atoms with van der Waals surface area (Å²) in [6.45, 7) is 3.27. The van der Waals surface area contributed by atoms with Crippen molar-refractivity contribution < 1.29 is 22.8 Å². The molecule has 48 heavy (non-hydrogen) atoms. The van der Waals surface area contributed by atoms with Crippen LogP contribution in [0.5, 0.6) is 0 Å². The van der Waals surface area contributed by atoms with Crippen molar-refractivity contribution in [1.29, 1.82) is 0 Å². The Hall–Kier alpha value is -4.96. The van der Waals surface area contributed by atoms with Gasteiger partial charge in [0, 0.05) is 53.1 Å². The minimum absolute atomic E-state index is 0.0171. The molecule has 2 amide bonds. The van der Waals surface area contributed by atoms with E-state index < -0.39 is 17.6 Å². The number of hydrogen-bond donors (Lipinski definition) is 2. The van der Waals surface area contributed by atoms with Crippen molar-refractivity contribution in [2.24, 2.45) is 0 Å². The van der Waals surface area contributed by atoms with Crippen molar-refractivity contribution in [2.75, 3.05) is 5.32 Å². The van der Waals surface area contributed by atoms with Crippen molar-refractivity contribution >= 4 is 40.0 Å². The highest BCUT2D eigenvalue weighted by atomic mass is 35.5. The number of alkyl halides is 3. The first-order chi connectivity index (χ1) is 22.9. The number of carbonyl (C=O) groups excluding carboxylic acids is 2. The van der Waals surface area contributed by atoms with Crippen molar-refractivity contribution in [2.45, 2.75) is 57.7 Å². The summed E-state index contributed by atoms with van der Waals surface area (Å²) >= 11 is 6.20. The molecule has 0 bridgehead atoms. The number of fused-ring (bicyclic) bond motifs is 1. The van der Waals surface area contributed by atoms with Crippen LogP contribution in [0.15, 0.2) is 89.9 Å². The van der Waals surface area contributed by atoms with Gasteiger partial charge in [0.25, 0.3) is 11.5 Å². The lowest BCUT2D eigenvalue weighted by molar-refractivity contribution is -0.137. The summed E-state index contributed by atoms with van der Waals surface area (Å²) in [5, 5.41) is 6.52. The zero-order valence-electron chi connectivity index (χ0n) is 26.2. The fraction of sp³-hybridized carbons (Fsp3) is 0.243. The van der Waals surface area contributed by atoms with Crippen molar-refractivity contribution in [3.63, 3.8) is 0 Å². The summed E-state index contributed by atoms with van der Waals surface area (Å²) in [7, 11) is 0. The van der Waals surface area contributed by atoms with Gasteiger partial charge < -0.3 is 10.6 Å². The number of nitrogens with one attached hydrogen (secondary N) is 2. The van der Waals surface area contributed by atoms with E-state index in [1.807, 2.05) is 25.1 Å². The lowest BCUT2D eigenvalue weighted by Crippen LogP contribution is -2.35. The Labute approximate surface area is 279 Å². The van der Waals surface area contributed by atoms with Crippen molar-refractivity contribution in [1.82, 2.24) is 14.9 Å². The maximum Gasteiger partial charge on any atom is 0.416 e. The third-order valence-corrected chi connectivity index (χ3v) is 9.01. The summed E-state index contributed by atoms with van der Waals surface area (Å²) in [5.74, 6) is -1.03. The number of para-hydroxylation sites is 1. The van der Waals surface area contributed by atoms with E-state index in [-0.39, 0.29) is 34.1 Å². The molecule has 1 aliphatic carbocycles. The van der Waals surface area contributed by atoms with Gasteiger partial charge in [0.2, 0.25) is 5.91 Å². The van der Waals surface area contributed by atoms with Crippen LogP contribution in [0.4, 0.5) is 18.9 Å². The van der Waals surface area contributed by atoms with Gasteiger partial charge in [-0.1, -0.05) is 35.9 Å². The number of carbonyl (C=O) groups is 2. The number of hydrogen-bond acceptors (Lipinski definition) is 4. The summed E-state index contributed by atoms with van der Waals surface area (Å²) in [6.07, 6.45) is -0.622. The van der Waals surface area contributed by atoms with Crippen LogP contribution in [-0.2, 0) is 11.0 Å². The zero-order chi connectivity index (χ0) is 34.2. The van der Waals surface area contributed by atoms with Crippen molar-refractivity contribution in [3.8, 4) is 16.8 Å². The number of anilines is 1. The van der Waals surface area contributed by atoms with Gasteiger partial charge in [0.05, 0.1) is 11.1 Å². The Morgan fingerprint density at radius 1 is 0.917 bits per heavy atom. The van der Waals surface area contributed by atoms with Gasteiger partial charge in [-0.15, -0.1) is 0 Å². The van der Waals surface area contributed by atoms with Gasteiger partial charge in [-0.3, -0.25) is 19.0 Å². The maximum atomic E-state index is 14.1. The predicted molar refractivity (Wildman–Crippen MR) is 181 cm³/mol. The van der Waals surface area contributed by atoms with E-state index in [0.29, 0.717) is 64.7 Å². The molecule has 0 unspecified atom stereocenters. The van der Waals surface area contributed by atoms with Gasteiger partial charge in [-0.25, -0.2) is 4.98 Å². The van der Waals surface area contributed by atoms with E-state index >= 15 is 0 Å². The van der Waals surface area contributed by atoms with E-state index in [1.165, 1.54) is 13.0 Å². The van der Waals surface area contributed by atoms with Crippen LogP contribution in [-0.4, -0.2) is 27.4 Å². The third kappa shape index (κ3) is 6.99. The predicted octanol–water partition coefficient (Wildman–Crippen LogP) is 8.45. The molecule has 0 spiro atoms. The molecular formula is C37H32ClF3N4O3. The largest absolute Gasteiger partial charge is 0.416 e. The lowest BCUT2D eigenvalue weighted by Gasteiger charge is -2.29. The van der Waals surface area contributed by atoms with Crippen LogP contribution in [0.25, 0.3) is 27.7 Å². The Balaban J connectivity index is 1.35. The number of rotatable bonds is 6. The molecule has 7 nitrogen and oxygen atoms in total. The average molecular weight is 673 g/mol. The molecule has 0 radical (unpaired) electrons. The van der Waals surface area contributed by atoms with E-state index in [9.17, 15) is 27.6 Å². The molecule has 5 aromatic rings. The maximum absolute atomic E-state index is 14.1. The second kappa shape index (κ2) is 13.3. The first-order valence-corrected chi connectivity index (χ1v) is 15.9. The highest BCUT2D eigenvalue weighted by Crippen LogP contribution is 2.38. The molecule has 1 aliphatic rings. The molecule has 6 rings (SSSR count). The van der Waals surface area contributed by atoms with Crippen LogP contribution < -0.4 is 16.2 Å². The number of aromatic nitrogens is 2. The van der Waals surface area contributed by atoms with Gasteiger partial charge in [-0.2, -0.15) is 13.2 Å². The Morgan fingerprint density at radius 2 is 1.65 bits per heavy atom. The van der Waals surface area contributed by atoms with Crippen LogP contribution >= 0.6 is 11.6 Å². The molecule has 11 heteroatoms. The number of benzene rings is 3. The van der Waals surface area contributed by atoms with Crippen LogP contribution in [0, 0.1) is 6.92 Å². The van der Waals surface area contributed by atoms with E-state index in [0.717, 1.165) is 17.7 Å². The zero-order valence-corrected chi connectivity index (χ0v) is 27.0. The number of nitrogens with zero attached hydrogens (tertiary/aromatic N) is 2. The summed E-state index contributed by atoms with van der Waals surface area (Å²) in [4.78, 5) is 43.3.